The number of imide groups is 2. The Morgan fingerprint density at radius 1 is 1.22 bits per heavy atom. The first-order valence-electron chi connectivity index (χ1n) is 9.04. The number of aryl methyl sites for hydroxylation is 1. The van der Waals surface area contributed by atoms with Crippen molar-refractivity contribution in [2.45, 2.75) is 13.8 Å². The number of carbonyl (C=O) groups is 3. The third kappa shape index (κ3) is 4.23. The number of hydrogen-bond donors (Lipinski definition) is 1. The monoisotopic (exact) mass is 372 g/mol. The zero-order valence-electron chi connectivity index (χ0n) is 15.6. The van der Waals surface area contributed by atoms with E-state index in [4.69, 9.17) is 4.74 Å². The van der Waals surface area contributed by atoms with Crippen molar-refractivity contribution in [2.24, 2.45) is 10.9 Å². The fourth-order valence-electron chi connectivity index (χ4n) is 3.27. The predicted octanol–water partition coefficient (Wildman–Crippen LogP) is 0.987. The minimum Gasteiger partial charge on any atom is -0.379 e. The predicted molar refractivity (Wildman–Crippen MR) is 101 cm³/mol. The number of nitrogens with one attached hydrogen (secondary N) is 1. The van der Waals surface area contributed by atoms with Crippen molar-refractivity contribution < 1.29 is 19.1 Å². The Hall–Kier alpha value is -2.58. The van der Waals surface area contributed by atoms with Gasteiger partial charge in [0.2, 0.25) is 5.91 Å². The third-order valence-corrected chi connectivity index (χ3v) is 4.82. The molecule has 0 radical (unpaired) electrons. The molecule has 3 rings (SSSR count). The van der Waals surface area contributed by atoms with Crippen LogP contribution in [0.4, 0.5) is 10.5 Å². The molecule has 144 valence electrons. The highest BCUT2D eigenvalue weighted by Gasteiger charge is 2.43. The fraction of sp³-hybridized carbons (Fsp3) is 0.474. The molecule has 4 amide bonds. The van der Waals surface area contributed by atoms with E-state index in [0.29, 0.717) is 31.2 Å². The zero-order valence-corrected chi connectivity index (χ0v) is 15.6. The first-order valence-corrected chi connectivity index (χ1v) is 9.04. The van der Waals surface area contributed by atoms with Gasteiger partial charge in [-0.05, 0) is 25.5 Å². The van der Waals surface area contributed by atoms with Gasteiger partial charge in [0.05, 0.1) is 25.4 Å². The van der Waals surface area contributed by atoms with Gasteiger partial charge in [-0.1, -0.05) is 18.2 Å². The molecule has 1 atom stereocenters. The maximum absolute atomic E-state index is 12.9. The second-order valence-electron chi connectivity index (χ2n) is 6.66. The third-order valence-electron chi connectivity index (χ3n) is 4.82. The van der Waals surface area contributed by atoms with Crippen LogP contribution < -0.4 is 10.2 Å². The smallest absolute Gasteiger partial charge is 0.335 e. The van der Waals surface area contributed by atoms with Gasteiger partial charge < -0.3 is 4.74 Å². The number of hydrogen-bond acceptors (Lipinski definition) is 6. The maximum Gasteiger partial charge on any atom is 0.335 e. The van der Waals surface area contributed by atoms with Crippen molar-refractivity contribution in [3.8, 4) is 0 Å². The van der Waals surface area contributed by atoms with Gasteiger partial charge in [0, 0.05) is 25.3 Å². The lowest BCUT2D eigenvalue weighted by atomic mass is 9.98. The lowest BCUT2D eigenvalue weighted by molar-refractivity contribution is -0.131. The molecule has 0 spiro atoms. The molecule has 8 heteroatoms. The number of carbonyl (C=O) groups excluding carboxylic acids is 3. The van der Waals surface area contributed by atoms with Crippen LogP contribution in [0.1, 0.15) is 12.5 Å². The number of barbiturate groups is 1. The van der Waals surface area contributed by atoms with Crippen LogP contribution in [0.2, 0.25) is 0 Å². The first-order chi connectivity index (χ1) is 13.0. The largest absolute Gasteiger partial charge is 0.379 e. The van der Waals surface area contributed by atoms with E-state index in [1.807, 2.05) is 19.1 Å². The summed E-state index contributed by atoms with van der Waals surface area (Å²) in [5, 5.41) is 2.28. The average Bonchev–Trinajstić information content (AvgIpc) is 2.64. The molecule has 2 aliphatic heterocycles. The SMILES string of the molecule is CC(=NCCN1CCOCC1)[C@@H]1C(=O)NC(=O)N(c2ccccc2C)C1=O. The molecule has 2 fully saturated rings. The van der Waals surface area contributed by atoms with Crippen LogP contribution >= 0.6 is 0 Å². The molecule has 2 saturated heterocycles. The summed E-state index contributed by atoms with van der Waals surface area (Å²) in [5.74, 6) is -2.28. The summed E-state index contributed by atoms with van der Waals surface area (Å²) in [6.07, 6.45) is 0. The quantitative estimate of drug-likeness (QED) is 0.615. The molecule has 1 aromatic rings. The van der Waals surface area contributed by atoms with Crippen LogP contribution in [0.3, 0.4) is 0 Å². The number of benzene rings is 1. The molecule has 0 bridgehead atoms. The van der Waals surface area contributed by atoms with E-state index in [9.17, 15) is 14.4 Å². The van der Waals surface area contributed by atoms with Crippen LogP contribution in [-0.2, 0) is 14.3 Å². The lowest BCUT2D eigenvalue weighted by Crippen LogP contribution is -2.60. The number of aliphatic imine (C=N–C) groups is 1. The Kier molecular flexibility index (Phi) is 5.98. The van der Waals surface area contributed by atoms with Crippen molar-refractivity contribution in [3.05, 3.63) is 29.8 Å². The van der Waals surface area contributed by atoms with Crippen molar-refractivity contribution in [3.63, 3.8) is 0 Å². The Labute approximate surface area is 158 Å². The number of para-hydroxylation sites is 1. The molecule has 2 heterocycles. The van der Waals surface area contributed by atoms with Crippen molar-refractivity contribution in [1.29, 1.82) is 0 Å². The molecule has 1 N–H and O–H groups in total. The number of morpholine rings is 1. The minimum absolute atomic E-state index is 0.414. The molecule has 2 aliphatic rings. The van der Waals surface area contributed by atoms with E-state index in [0.717, 1.165) is 30.1 Å². The number of anilines is 1. The standard InChI is InChI=1S/C19H24N4O4/c1-13-5-3-4-6-15(13)23-18(25)16(17(24)21-19(23)26)14(2)20-7-8-22-9-11-27-12-10-22/h3-6,16H,7-12H2,1-2H3,(H,21,24,26)/t16-/m1/s1. The van der Waals surface area contributed by atoms with Crippen LogP contribution in [0.5, 0.6) is 0 Å². The molecule has 0 saturated carbocycles. The summed E-state index contributed by atoms with van der Waals surface area (Å²) in [6, 6.07) is 6.34. The second-order valence-corrected chi connectivity index (χ2v) is 6.66. The minimum atomic E-state index is -1.09. The summed E-state index contributed by atoms with van der Waals surface area (Å²) in [5.41, 5.74) is 1.66. The maximum atomic E-state index is 12.9. The number of urea groups is 1. The molecule has 8 nitrogen and oxygen atoms in total. The Morgan fingerprint density at radius 2 is 1.93 bits per heavy atom. The van der Waals surface area contributed by atoms with E-state index in [1.54, 1.807) is 19.1 Å². The van der Waals surface area contributed by atoms with E-state index < -0.39 is 23.8 Å². The summed E-state index contributed by atoms with van der Waals surface area (Å²) in [6.45, 7) is 7.82. The van der Waals surface area contributed by atoms with Crippen molar-refractivity contribution >= 4 is 29.2 Å². The van der Waals surface area contributed by atoms with E-state index in [2.05, 4.69) is 15.2 Å². The molecule has 0 aliphatic carbocycles. The number of rotatable bonds is 5. The van der Waals surface area contributed by atoms with Gasteiger partial charge in [-0.25, -0.2) is 9.69 Å². The first kappa shape index (κ1) is 19.2. The van der Waals surface area contributed by atoms with Crippen molar-refractivity contribution in [2.75, 3.05) is 44.3 Å². The van der Waals surface area contributed by atoms with Crippen molar-refractivity contribution in [1.82, 2.24) is 10.2 Å². The summed E-state index contributed by atoms with van der Waals surface area (Å²) in [7, 11) is 0. The van der Waals surface area contributed by atoms with Crippen LogP contribution in [-0.4, -0.2) is 67.8 Å². The molecule has 0 unspecified atom stereocenters. The molecule has 1 aromatic carbocycles. The van der Waals surface area contributed by atoms with Gasteiger partial charge >= 0.3 is 6.03 Å². The van der Waals surface area contributed by atoms with Crippen LogP contribution in [0.25, 0.3) is 0 Å². The number of nitrogens with zero attached hydrogens (tertiary/aromatic N) is 3. The molecular weight excluding hydrogens is 348 g/mol. The van der Waals surface area contributed by atoms with Crippen LogP contribution in [0.15, 0.2) is 29.3 Å². The van der Waals surface area contributed by atoms with Gasteiger partial charge in [-0.3, -0.25) is 24.8 Å². The van der Waals surface area contributed by atoms with E-state index in [1.165, 1.54) is 0 Å². The highest BCUT2D eigenvalue weighted by atomic mass is 16.5. The van der Waals surface area contributed by atoms with Gasteiger partial charge in [0.25, 0.3) is 5.91 Å². The van der Waals surface area contributed by atoms with Gasteiger partial charge in [-0.15, -0.1) is 0 Å². The lowest BCUT2D eigenvalue weighted by Gasteiger charge is -2.31. The highest BCUT2D eigenvalue weighted by Crippen LogP contribution is 2.24. The van der Waals surface area contributed by atoms with E-state index >= 15 is 0 Å². The molecule has 0 aromatic heterocycles. The van der Waals surface area contributed by atoms with E-state index in [-0.39, 0.29) is 0 Å². The summed E-state index contributed by atoms with van der Waals surface area (Å²) < 4.78 is 5.31. The second kappa shape index (κ2) is 8.41. The Bertz CT molecular complexity index is 771. The highest BCUT2D eigenvalue weighted by molar-refractivity contribution is 6.35. The topological polar surface area (TPSA) is 91.3 Å². The normalized spacial score (nSPS) is 22.1. The molecule has 27 heavy (non-hydrogen) atoms. The average molecular weight is 372 g/mol. The van der Waals surface area contributed by atoms with Gasteiger partial charge in [0.15, 0.2) is 5.92 Å². The Balaban J connectivity index is 1.74. The fourth-order valence-corrected chi connectivity index (χ4v) is 3.27. The zero-order chi connectivity index (χ0) is 19.4. The number of amides is 4. The van der Waals surface area contributed by atoms with Crippen LogP contribution in [0, 0.1) is 12.8 Å². The Morgan fingerprint density at radius 3 is 2.63 bits per heavy atom. The molecular formula is C19H24N4O4. The number of ether oxygens (including phenoxy) is 1. The van der Waals surface area contributed by atoms with Gasteiger partial charge in [-0.2, -0.15) is 0 Å². The summed E-state index contributed by atoms with van der Waals surface area (Å²) >= 11 is 0. The summed E-state index contributed by atoms with van der Waals surface area (Å²) in [4.78, 5) is 45.2. The van der Waals surface area contributed by atoms with Gasteiger partial charge in [0.1, 0.15) is 0 Å².